The van der Waals surface area contributed by atoms with Gasteiger partial charge in [0.2, 0.25) is 5.91 Å². The highest BCUT2D eigenvalue weighted by Crippen LogP contribution is 2.50. The summed E-state index contributed by atoms with van der Waals surface area (Å²) in [7, 11) is 0. The molecule has 1 heterocycles. The summed E-state index contributed by atoms with van der Waals surface area (Å²) in [6.45, 7) is 3.52. The van der Waals surface area contributed by atoms with Crippen LogP contribution in [0.5, 0.6) is 0 Å². The number of carboxylic acids is 1. The smallest absolute Gasteiger partial charge is 0.325 e. The van der Waals surface area contributed by atoms with Crippen LogP contribution >= 0.6 is 11.3 Å². The molecular formula is C12H15NO3S. The van der Waals surface area contributed by atoms with E-state index >= 15 is 0 Å². The van der Waals surface area contributed by atoms with Crippen molar-refractivity contribution >= 4 is 23.2 Å². The molecule has 92 valence electrons. The van der Waals surface area contributed by atoms with Crippen LogP contribution in [-0.4, -0.2) is 23.0 Å². The molecule has 1 aliphatic rings. The summed E-state index contributed by atoms with van der Waals surface area (Å²) in [5, 5.41) is 13.3. The zero-order valence-electron chi connectivity index (χ0n) is 9.77. The van der Waals surface area contributed by atoms with Crippen LogP contribution in [0, 0.1) is 12.8 Å². The molecule has 0 saturated heterocycles. The molecule has 1 amide bonds. The maximum Gasteiger partial charge on any atom is 0.325 e. The fourth-order valence-electron chi connectivity index (χ4n) is 1.92. The van der Waals surface area contributed by atoms with E-state index < -0.39 is 12.0 Å². The van der Waals surface area contributed by atoms with Gasteiger partial charge in [-0.25, -0.2) is 0 Å². The molecular weight excluding hydrogens is 238 g/mol. The Labute approximate surface area is 104 Å². The Bertz CT molecular complexity index is 454. The first kappa shape index (κ1) is 12.1. The normalized spacial score (nSPS) is 24.1. The first-order valence-corrected chi connectivity index (χ1v) is 6.46. The van der Waals surface area contributed by atoms with Crippen molar-refractivity contribution in [1.29, 1.82) is 0 Å². The van der Waals surface area contributed by atoms with Crippen molar-refractivity contribution in [3.63, 3.8) is 0 Å². The topological polar surface area (TPSA) is 66.4 Å². The van der Waals surface area contributed by atoms with Crippen molar-refractivity contribution < 1.29 is 14.7 Å². The Hall–Kier alpha value is -1.36. The molecule has 17 heavy (non-hydrogen) atoms. The van der Waals surface area contributed by atoms with Gasteiger partial charge in [0.25, 0.3) is 0 Å². The van der Waals surface area contributed by atoms with Crippen molar-refractivity contribution in [2.75, 3.05) is 0 Å². The lowest BCUT2D eigenvalue weighted by Crippen LogP contribution is -2.39. The molecule has 0 spiro atoms. The standard InChI is InChI=1S/C12H15NO3S/c1-6-3-4-17-10(6)8-5-9(8)11(14)13-7(2)12(15)16/h3-4,7-9H,5H2,1-2H3,(H,13,14)(H,15,16)/t7-,8+,9-/m1/s1. The number of hydrogen-bond donors (Lipinski definition) is 2. The number of aliphatic carboxylic acids is 1. The number of hydrogen-bond acceptors (Lipinski definition) is 3. The molecule has 1 aliphatic carbocycles. The minimum absolute atomic E-state index is 0.0471. The molecule has 1 aromatic rings. The fourth-order valence-corrected chi connectivity index (χ4v) is 3.03. The molecule has 0 radical (unpaired) electrons. The molecule has 0 aliphatic heterocycles. The van der Waals surface area contributed by atoms with Crippen molar-refractivity contribution in [2.24, 2.45) is 5.92 Å². The van der Waals surface area contributed by atoms with E-state index in [1.807, 2.05) is 18.4 Å². The highest BCUT2D eigenvalue weighted by atomic mass is 32.1. The van der Waals surface area contributed by atoms with E-state index in [0.717, 1.165) is 6.42 Å². The van der Waals surface area contributed by atoms with E-state index in [1.165, 1.54) is 17.4 Å². The van der Waals surface area contributed by atoms with E-state index in [1.54, 1.807) is 11.3 Å². The van der Waals surface area contributed by atoms with E-state index in [2.05, 4.69) is 5.32 Å². The van der Waals surface area contributed by atoms with Crippen LogP contribution in [0.3, 0.4) is 0 Å². The summed E-state index contributed by atoms with van der Waals surface area (Å²) >= 11 is 1.67. The van der Waals surface area contributed by atoms with Gasteiger partial charge in [-0.05, 0) is 37.3 Å². The molecule has 4 nitrogen and oxygen atoms in total. The third-order valence-corrected chi connectivity index (χ3v) is 4.25. The SMILES string of the molecule is Cc1ccsc1[C@H]1C[C@H]1C(=O)N[C@H](C)C(=O)O. The number of rotatable bonds is 4. The van der Waals surface area contributed by atoms with E-state index in [-0.39, 0.29) is 17.7 Å². The molecule has 0 aromatic carbocycles. The maximum absolute atomic E-state index is 11.8. The lowest BCUT2D eigenvalue weighted by atomic mass is 10.2. The van der Waals surface area contributed by atoms with Crippen LogP contribution in [0.4, 0.5) is 0 Å². The van der Waals surface area contributed by atoms with Gasteiger partial charge >= 0.3 is 5.97 Å². The Morgan fingerprint density at radius 3 is 2.82 bits per heavy atom. The first-order chi connectivity index (χ1) is 8.00. The average molecular weight is 253 g/mol. The number of carbonyl (C=O) groups excluding carboxylic acids is 1. The molecule has 5 heteroatoms. The minimum Gasteiger partial charge on any atom is -0.480 e. The highest BCUT2D eigenvalue weighted by molar-refractivity contribution is 7.10. The summed E-state index contributed by atoms with van der Waals surface area (Å²) in [6.07, 6.45) is 0.833. The molecule has 0 bridgehead atoms. The minimum atomic E-state index is -0.997. The van der Waals surface area contributed by atoms with Gasteiger partial charge in [0.05, 0.1) is 0 Å². The van der Waals surface area contributed by atoms with Gasteiger partial charge in [-0.1, -0.05) is 0 Å². The summed E-state index contributed by atoms with van der Waals surface area (Å²) in [6, 6.07) is 1.24. The van der Waals surface area contributed by atoms with Gasteiger partial charge in [-0.15, -0.1) is 11.3 Å². The number of aryl methyl sites for hydroxylation is 1. The zero-order chi connectivity index (χ0) is 12.6. The summed E-state index contributed by atoms with van der Waals surface area (Å²) in [5.74, 6) is -0.898. The first-order valence-electron chi connectivity index (χ1n) is 5.58. The third-order valence-electron chi connectivity index (χ3n) is 3.09. The van der Waals surface area contributed by atoms with E-state index in [4.69, 9.17) is 5.11 Å². The van der Waals surface area contributed by atoms with Gasteiger partial charge in [0.15, 0.2) is 0 Å². The summed E-state index contributed by atoms with van der Waals surface area (Å²) < 4.78 is 0. The van der Waals surface area contributed by atoms with E-state index in [0.29, 0.717) is 0 Å². The lowest BCUT2D eigenvalue weighted by Gasteiger charge is -2.08. The van der Waals surface area contributed by atoms with Gasteiger partial charge in [0, 0.05) is 16.7 Å². The van der Waals surface area contributed by atoms with E-state index in [9.17, 15) is 9.59 Å². The second-order valence-corrected chi connectivity index (χ2v) is 5.43. The average Bonchev–Trinajstić information content (AvgIpc) is 2.94. The van der Waals surface area contributed by atoms with Crippen LogP contribution in [0.15, 0.2) is 11.4 Å². The molecule has 1 fully saturated rings. The van der Waals surface area contributed by atoms with Gasteiger partial charge in [0.1, 0.15) is 6.04 Å². The number of carbonyl (C=O) groups is 2. The molecule has 1 saturated carbocycles. The Morgan fingerprint density at radius 1 is 1.59 bits per heavy atom. The third kappa shape index (κ3) is 2.49. The van der Waals surface area contributed by atoms with Crippen molar-refractivity contribution in [3.05, 3.63) is 21.9 Å². The molecule has 1 aromatic heterocycles. The number of nitrogens with one attached hydrogen (secondary N) is 1. The van der Waals surface area contributed by atoms with Crippen LogP contribution in [0.1, 0.15) is 29.7 Å². The largest absolute Gasteiger partial charge is 0.480 e. The second-order valence-electron chi connectivity index (χ2n) is 4.49. The number of carboxylic acid groups (broad SMARTS) is 1. The van der Waals surface area contributed by atoms with Crippen molar-refractivity contribution in [3.8, 4) is 0 Å². The summed E-state index contributed by atoms with van der Waals surface area (Å²) in [5.41, 5.74) is 1.22. The van der Waals surface area contributed by atoms with Gasteiger partial charge < -0.3 is 10.4 Å². The van der Waals surface area contributed by atoms with Gasteiger partial charge in [-0.3, -0.25) is 9.59 Å². The quantitative estimate of drug-likeness (QED) is 0.859. The maximum atomic E-state index is 11.8. The monoisotopic (exact) mass is 253 g/mol. The Balaban J connectivity index is 1.93. The molecule has 2 N–H and O–H groups in total. The van der Waals surface area contributed by atoms with Crippen molar-refractivity contribution in [1.82, 2.24) is 5.32 Å². The van der Waals surface area contributed by atoms with Crippen LogP contribution in [-0.2, 0) is 9.59 Å². The van der Waals surface area contributed by atoms with Crippen LogP contribution < -0.4 is 5.32 Å². The van der Waals surface area contributed by atoms with Crippen LogP contribution in [0.25, 0.3) is 0 Å². The Kier molecular flexibility index (Phi) is 3.19. The highest BCUT2D eigenvalue weighted by Gasteiger charge is 2.45. The molecule has 2 rings (SSSR count). The predicted molar refractivity (Wildman–Crippen MR) is 65.1 cm³/mol. The Morgan fingerprint density at radius 2 is 2.29 bits per heavy atom. The van der Waals surface area contributed by atoms with Crippen LogP contribution in [0.2, 0.25) is 0 Å². The molecule has 3 atom stereocenters. The summed E-state index contributed by atoms with van der Waals surface area (Å²) in [4.78, 5) is 23.7. The van der Waals surface area contributed by atoms with Crippen molar-refractivity contribution in [2.45, 2.75) is 32.2 Å². The second kappa shape index (κ2) is 4.49. The van der Waals surface area contributed by atoms with Gasteiger partial charge in [-0.2, -0.15) is 0 Å². The fraction of sp³-hybridized carbons (Fsp3) is 0.500. The predicted octanol–water partition coefficient (Wildman–Crippen LogP) is 1.75. The molecule has 0 unspecified atom stereocenters. The number of amides is 1. The number of thiophene rings is 1. The lowest BCUT2D eigenvalue weighted by molar-refractivity contribution is -0.141. The zero-order valence-corrected chi connectivity index (χ0v) is 10.6.